The zero-order valence-corrected chi connectivity index (χ0v) is 7.81. The third-order valence-corrected chi connectivity index (χ3v) is 2.40. The minimum atomic E-state index is -0.0511. The molecule has 1 aromatic heterocycles. The van der Waals surface area contributed by atoms with Crippen molar-refractivity contribution in [1.82, 2.24) is 14.7 Å². The quantitative estimate of drug-likeness (QED) is 0.661. The van der Waals surface area contributed by atoms with Crippen molar-refractivity contribution in [2.75, 3.05) is 0 Å². The summed E-state index contributed by atoms with van der Waals surface area (Å²) in [5.41, 5.74) is 7.60. The maximum Gasteiger partial charge on any atom is 0.246 e. The molecule has 0 radical (unpaired) electrons. The van der Waals surface area contributed by atoms with E-state index < -0.39 is 0 Å². The molecule has 2 N–H and O–H groups in total. The topological polar surface area (TPSA) is 64.2 Å². The molecule has 2 heterocycles. The van der Waals surface area contributed by atoms with Crippen LogP contribution in [0.4, 0.5) is 0 Å². The molecule has 1 amide bonds. The fraction of sp³-hybridized carbons (Fsp3) is 0.333. The highest BCUT2D eigenvalue weighted by Crippen LogP contribution is 2.21. The van der Waals surface area contributed by atoms with Crippen molar-refractivity contribution in [2.24, 2.45) is 5.73 Å². The monoisotopic (exact) mass is 192 g/mol. The van der Waals surface area contributed by atoms with E-state index in [1.807, 2.05) is 0 Å². The average Bonchev–Trinajstić information content (AvgIpc) is 2.74. The van der Waals surface area contributed by atoms with E-state index in [1.54, 1.807) is 15.8 Å². The van der Waals surface area contributed by atoms with Gasteiger partial charge in [0.05, 0.1) is 25.1 Å². The highest BCUT2D eigenvalue weighted by Gasteiger charge is 2.25. The first kappa shape index (κ1) is 8.96. The number of carbonyl (C=O) groups is 1. The van der Waals surface area contributed by atoms with E-state index in [-0.39, 0.29) is 5.91 Å². The Bertz CT molecular complexity index is 382. The summed E-state index contributed by atoms with van der Waals surface area (Å²) >= 11 is 0. The molecule has 0 unspecified atom stereocenters. The summed E-state index contributed by atoms with van der Waals surface area (Å²) in [6, 6.07) is 0. The molecule has 1 aliphatic heterocycles. The lowest BCUT2D eigenvalue weighted by atomic mass is 10.3. The van der Waals surface area contributed by atoms with Gasteiger partial charge in [0.25, 0.3) is 0 Å². The molecular formula is C9H12N4O. The van der Waals surface area contributed by atoms with Crippen LogP contribution in [-0.4, -0.2) is 20.6 Å². The lowest BCUT2D eigenvalue weighted by molar-refractivity contribution is -0.126. The Morgan fingerprint density at radius 3 is 3.14 bits per heavy atom. The highest BCUT2D eigenvalue weighted by atomic mass is 16.2. The van der Waals surface area contributed by atoms with Crippen LogP contribution < -0.4 is 5.73 Å². The smallest absolute Gasteiger partial charge is 0.246 e. The lowest BCUT2D eigenvalue weighted by Crippen LogP contribution is -2.24. The summed E-state index contributed by atoms with van der Waals surface area (Å²) < 4.78 is 1.71. The van der Waals surface area contributed by atoms with Crippen LogP contribution in [0.5, 0.6) is 0 Å². The van der Waals surface area contributed by atoms with Crippen LogP contribution in [0.3, 0.4) is 0 Å². The van der Waals surface area contributed by atoms with Crippen molar-refractivity contribution >= 4 is 5.91 Å². The molecule has 5 nitrogen and oxygen atoms in total. The Kier molecular flexibility index (Phi) is 2.09. The zero-order valence-electron chi connectivity index (χ0n) is 7.81. The van der Waals surface area contributed by atoms with Crippen molar-refractivity contribution in [3.8, 4) is 0 Å². The van der Waals surface area contributed by atoms with Gasteiger partial charge in [-0.15, -0.1) is 0 Å². The summed E-state index contributed by atoms with van der Waals surface area (Å²) in [5.74, 6) is -0.0511. The van der Waals surface area contributed by atoms with E-state index in [4.69, 9.17) is 5.73 Å². The number of carbonyl (C=O) groups excluding carboxylic acids is 1. The van der Waals surface area contributed by atoms with Crippen molar-refractivity contribution < 1.29 is 4.79 Å². The first-order valence-corrected chi connectivity index (χ1v) is 4.41. The summed E-state index contributed by atoms with van der Waals surface area (Å²) in [7, 11) is 0. The van der Waals surface area contributed by atoms with Crippen LogP contribution in [0, 0.1) is 0 Å². The van der Waals surface area contributed by atoms with Crippen molar-refractivity contribution in [2.45, 2.75) is 19.8 Å². The molecule has 1 aliphatic rings. The fourth-order valence-corrected chi connectivity index (χ4v) is 1.65. The van der Waals surface area contributed by atoms with Crippen molar-refractivity contribution in [3.05, 3.63) is 30.1 Å². The molecule has 0 bridgehead atoms. The Morgan fingerprint density at radius 1 is 1.71 bits per heavy atom. The van der Waals surface area contributed by atoms with E-state index in [2.05, 4.69) is 11.7 Å². The van der Waals surface area contributed by atoms with Gasteiger partial charge in [-0.25, -0.2) is 0 Å². The first-order valence-electron chi connectivity index (χ1n) is 4.41. The molecule has 0 fully saturated rings. The van der Waals surface area contributed by atoms with Gasteiger partial charge in [0.1, 0.15) is 0 Å². The maximum atomic E-state index is 11.3. The minimum absolute atomic E-state index is 0.0511. The minimum Gasteiger partial charge on any atom is -0.329 e. The average molecular weight is 192 g/mol. The molecule has 0 saturated carbocycles. The summed E-state index contributed by atoms with van der Waals surface area (Å²) in [6.45, 7) is 5.00. The van der Waals surface area contributed by atoms with Gasteiger partial charge in [0, 0.05) is 12.1 Å². The second-order valence-electron chi connectivity index (χ2n) is 3.20. The van der Waals surface area contributed by atoms with Gasteiger partial charge in [0.2, 0.25) is 5.91 Å². The van der Waals surface area contributed by atoms with Gasteiger partial charge in [-0.05, 0) is 6.08 Å². The number of nitrogens with two attached hydrogens (primary N) is 1. The second kappa shape index (κ2) is 3.26. The van der Waals surface area contributed by atoms with Gasteiger partial charge >= 0.3 is 0 Å². The van der Waals surface area contributed by atoms with Crippen LogP contribution in [0.1, 0.15) is 11.3 Å². The number of nitrogens with zero attached hydrogens (tertiary/aromatic N) is 3. The normalized spacial score (nSPS) is 14.2. The molecule has 0 aliphatic carbocycles. The van der Waals surface area contributed by atoms with E-state index in [0.717, 1.165) is 11.3 Å². The van der Waals surface area contributed by atoms with Crippen LogP contribution in [0.25, 0.3) is 0 Å². The standard InChI is InChI=1S/C9H12N4O/c1-2-9(14)12-4-7-3-11-13(6-10)8(7)5-12/h2-3H,1,4-6,10H2. The lowest BCUT2D eigenvalue weighted by Gasteiger charge is -2.12. The van der Waals surface area contributed by atoms with Crippen LogP contribution >= 0.6 is 0 Å². The van der Waals surface area contributed by atoms with Gasteiger partial charge < -0.3 is 10.6 Å². The molecule has 0 atom stereocenters. The Labute approximate surface area is 81.8 Å². The SMILES string of the molecule is C=CC(=O)N1Cc2cnn(CN)c2C1. The summed E-state index contributed by atoms with van der Waals surface area (Å²) in [4.78, 5) is 13.0. The van der Waals surface area contributed by atoms with Crippen LogP contribution in [0.2, 0.25) is 0 Å². The van der Waals surface area contributed by atoms with Crippen molar-refractivity contribution in [3.63, 3.8) is 0 Å². The van der Waals surface area contributed by atoms with Gasteiger partial charge in [-0.2, -0.15) is 5.10 Å². The Balaban J connectivity index is 2.22. The van der Waals surface area contributed by atoms with Gasteiger partial charge in [0.15, 0.2) is 0 Å². The molecule has 14 heavy (non-hydrogen) atoms. The number of hydrogen-bond donors (Lipinski definition) is 1. The van der Waals surface area contributed by atoms with Gasteiger partial charge in [-0.1, -0.05) is 6.58 Å². The summed E-state index contributed by atoms with van der Waals surface area (Å²) in [6.07, 6.45) is 3.09. The molecule has 0 saturated heterocycles. The zero-order chi connectivity index (χ0) is 10.1. The third-order valence-electron chi connectivity index (χ3n) is 2.40. The number of fused-ring (bicyclic) bond motifs is 1. The fourth-order valence-electron chi connectivity index (χ4n) is 1.65. The predicted octanol–water partition coefficient (Wildman–Crippen LogP) is -0.172. The Hall–Kier alpha value is -1.62. The van der Waals surface area contributed by atoms with E-state index in [9.17, 15) is 4.79 Å². The van der Waals surface area contributed by atoms with Crippen LogP contribution in [0.15, 0.2) is 18.9 Å². The molecule has 74 valence electrons. The molecule has 2 rings (SSSR count). The maximum absolute atomic E-state index is 11.3. The molecule has 1 aromatic rings. The third kappa shape index (κ3) is 1.22. The highest BCUT2D eigenvalue weighted by molar-refractivity contribution is 5.87. The van der Waals surface area contributed by atoms with Crippen molar-refractivity contribution in [1.29, 1.82) is 0 Å². The first-order chi connectivity index (χ1) is 6.76. The number of amides is 1. The largest absolute Gasteiger partial charge is 0.329 e. The second-order valence-corrected chi connectivity index (χ2v) is 3.20. The van der Waals surface area contributed by atoms with E-state index in [1.165, 1.54) is 6.08 Å². The molecule has 5 heteroatoms. The predicted molar refractivity (Wildman–Crippen MR) is 50.9 cm³/mol. The van der Waals surface area contributed by atoms with E-state index in [0.29, 0.717) is 19.8 Å². The number of aromatic nitrogens is 2. The van der Waals surface area contributed by atoms with E-state index >= 15 is 0 Å². The van der Waals surface area contributed by atoms with Gasteiger partial charge in [-0.3, -0.25) is 9.48 Å². The van der Waals surface area contributed by atoms with Crippen LogP contribution in [-0.2, 0) is 24.6 Å². The Morgan fingerprint density at radius 2 is 2.50 bits per heavy atom. The number of rotatable bonds is 2. The molecule has 0 aromatic carbocycles. The summed E-state index contributed by atoms with van der Waals surface area (Å²) in [5, 5.41) is 4.10. The molecule has 0 spiro atoms. The molecular weight excluding hydrogens is 180 g/mol. The number of hydrogen-bond acceptors (Lipinski definition) is 3.